The average molecular weight is 326 g/mol. The lowest BCUT2D eigenvalue weighted by molar-refractivity contribution is -0.117. The van der Waals surface area contributed by atoms with Gasteiger partial charge in [0.15, 0.2) is 5.82 Å². The van der Waals surface area contributed by atoms with Crippen molar-refractivity contribution in [2.75, 3.05) is 5.32 Å². The Bertz CT molecular complexity index is 430. The third-order valence-electron chi connectivity index (χ3n) is 1.88. The van der Waals surface area contributed by atoms with Gasteiger partial charge in [0.1, 0.15) is 0 Å². The molecule has 0 bridgehead atoms. The van der Waals surface area contributed by atoms with Crippen molar-refractivity contribution in [2.24, 2.45) is 0 Å². The Kier molecular flexibility index (Phi) is 4.21. The van der Waals surface area contributed by atoms with Crippen molar-refractivity contribution in [3.63, 3.8) is 0 Å². The van der Waals surface area contributed by atoms with Gasteiger partial charge in [0.25, 0.3) is 0 Å². The summed E-state index contributed by atoms with van der Waals surface area (Å²) in [5.74, 6) is 0.102. The summed E-state index contributed by atoms with van der Waals surface area (Å²) in [6.45, 7) is 5.21. The molecule has 0 atom stereocenters. The Morgan fingerprint density at radius 3 is 2.50 bits per heavy atom. The zero-order chi connectivity index (χ0) is 12.5. The fourth-order valence-corrected chi connectivity index (χ4v) is 1.41. The van der Waals surface area contributed by atoms with Crippen LogP contribution in [-0.4, -0.2) is 15.2 Å². The molecule has 6 heteroatoms. The highest BCUT2D eigenvalue weighted by Crippen LogP contribution is 2.27. The first-order chi connectivity index (χ1) is 7.21. The normalized spacial score (nSPS) is 11.4. The van der Waals surface area contributed by atoms with Gasteiger partial charge in [-0.2, -0.15) is 0 Å². The molecule has 1 aromatic heterocycles. The van der Waals surface area contributed by atoms with E-state index >= 15 is 0 Å². The van der Waals surface area contributed by atoms with Gasteiger partial charge < -0.3 is 5.32 Å². The van der Waals surface area contributed by atoms with Gasteiger partial charge in [-0.1, -0.05) is 39.1 Å². The monoisotopic (exact) mass is 324 g/mol. The largest absolute Gasteiger partial charge is 0.308 e. The van der Waals surface area contributed by atoms with Gasteiger partial charge >= 0.3 is 0 Å². The minimum atomic E-state index is -0.675. The number of nitrogens with zero attached hydrogens (tertiary/aromatic N) is 1. The van der Waals surface area contributed by atoms with E-state index in [9.17, 15) is 4.79 Å². The van der Waals surface area contributed by atoms with Gasteiger partial charge in [-0.25, -0.2) is 4.98 Å². The molecule has 1 rings (SSSR count). The van der Waals surface area contributed by atoms with E-state index < -0.39 is 4.32 Å². The molecule has 0 unspecified atom stereocenters. The molecule has 88 valence electrons. The van der Waals surface area contributed by atoms with Crippen LogP contribution in [0.25, 0.3) is 0 Å². The highest BCUT2D eigenvalue weighted by atomic mass is 79.9. The molecule has 0 aromatic carbocycles. The smallest absolute Gasteiger partial charge is 0.241 e. The predicted molar refractivity (Wildman–Crippen MR) is 70.6 cm³/mol. The van der Waals surface area contributed by atoms with E-state index in [4.69, 9.17) is 23.2 Å². The lowest BCUT2D eigenvalue weighted by atomic mass is 10.2. The summed E-state index contributed by atoms with van der Waals surface area (Å²) in [5.41, 5.74) is 0.619. The van der Waals surface area contributed by atoms with Gasteiger partial charge in [0.2, 0.25) is 5.91 Å². The topological polar surface area (TPSA) is 42.0 Å². The molecule has 1 amide bonds. The van der Waals surface area contributed by atoms with Gasteiger partial charge in [-0.15, -0.1) is 0 Å². The molecule has 1 heterocycles. The van der Waals surface area contributed by atoms with Gasteiger partial charge in [-0.3, -0.25) is 4.79 Å². The van der Waals surface area contributed by atoms with E-state index in [1.807, 2.05) is 0 Å². The SMILES string of the molecule is Cc1nc(NC(=O)C(C)(C)Br)c(Cl)cc1Cl. The molecular formula is C10H11BrCl2N2O. The van der Waals surface area contributed by atoms with E-state index in [0.29, 0.717) is 21.6 Å². The summed E-state index contributed by atoms with van der Waals surface area (Å²) >= 11 is 15.0. The number of halogens is 3. The van der Waals surface area contributed by atoms with Crippen molar-refractivity contribution >= 4 is 50.9 Å². The molecule has 1 N–H and O–H groups in total. The quantitative estimate of drug-likeness (QED) is 0.840. The number of hydrogen-bond donors (Lipinski definition) is 1. The zero-order valence-electron chi connectivity index (χ0n) is 9.07. The Labute approximate surface area is 113 Å². The number of anilines is 1. The molecule has 0 aliphatic heterocycles. The summed E-state index contributed by atoms with van der Waals surface area (Å²) in [5, 5.41) is 3.42. The van der Waals surface area contributed by atoms with E-state index in [-0.39, 0.29) is 5.91 Å². The van der Waals surface area contributed by atoms with Crippen LogP contribution >= 0.6 is 39.1 Å². The Balaban J connectivity index is 2.99. The fourth-order valence-electron chi connectivity index (χ4n) is 0.902. The molecule has 0 saturated carbocycles. The number of carbonyl (C=O) groups is 1. The van der Waals surface area contributed by atoms with Gasteiger partial charge in [0.05, 0.1) is 20.1 Å². The minimum absolute atomic E-state index is 0.219. The molecule has 0 fully saturated rings. The molecule has 1 aromatic rings. The van der Waals surface area contributed by atoms with Crippen molar-refractivity contribution < 1.29 is 4.79 Å². The first kappa shape index (κ1) is 13.7. The Hall–Kier alpha value is -0.320. The molecule has 0 radical (unpaired) electrons. The first-order valence-electron chi connectivity index (χ1n) is 4.55. The molecule has 0 aliphatic carbocycles. The van der Waals surface area contributed by atoms with Crippen molar-refractivity contribution in [1.82, 2.24) is 4.98 Å². The number of amides is 1. The van der Waals surface area contributed by atoms with Crippen LogP contribution in [-0.2, 0) is 4.79 Å². The summed E-state index contributed by atoms with van der Waals surface area (Å²) < 4.78 is -0.675. The van der Waals surface area contributed by atoms with Gasteiger partial charge in [-0.05, 0) is 26.8 Å². The average Bonchev–Trinajstić information content (AvgIpc) is 2.12. The number of aryl methyl sites for hydroxylation is 1. The van der Waals surface area contributed by atoms with Crippen LogP contribution in [0.4, 0.5) is 5.82 Å². The lowest BCUT2D eigenvalue weighted by Crippen LogP contribution is -2.31. The molecule has 0 saturated heterocycles. The van der Waals surface area contributed by atoms with E-state index in [0.717, 1.165) is 0 Å². The molecule has 0 aliphatic rings. The number of carbonyl (C=O) groups excluding carboxylic acids is 1. The second-order valence-corrected chi connectivity index (χ2v) is 6.61. The van der Waals surface area contributed by atoms with Crippen molar-refractivity contribution in [3.8, 4) is 0 Å². The van der Waals surface area contributed by atoms with Crippen LogP contribution in [0.15, 0.2) is 6.07 Å². The molecular weight excluding hydrogens is 315 g/mol. The fraction of sp³-hybridized carbons (Fsp3) is 0.400. The van der Waals surface area contributed by atoms with Crippen LogP contribution in [0.1, 0.15) is 19.5 Å². The third-order valence-corrected chi connectivity index (χ3v) is 2.91. The number of nitrogens with one attached hydrogen (secondary N) is 1. The maximum absolute atomic E-state index is 11.7. The minimum Gasteiger partial charge on any atom is -0.308 e. The van der Waals surface area contributed by atoms with Crippen LogP contribution < -0.4 is 5.32 Å². The summed E-state index contributed by atoms with van der Waals surface area (Å²) in [4.78, 5) is 15.8. The standard InChI is InChI=1S/C10H11BrCl2N2O/c1-5-6(12)4-7(13)8(14-5)15-9(16)10(2,3)11/h4H,1-3H3,(H,14,15,16). The van der Waals surface area contributed by atoms with Crippen molar-refractivity contribution in [1.29, 1.82) is 0 Å². The second-order valence-electron chi connectivity index (χ2n) is 3.81. The number of hydrogen-bond acceptors (Lipinski definition) is 2. The van der Waals surface area contributed by atoms with Crippen molar-refractivity contribution in [2.45, 2.75) is 25.1 Å². The summed E-state index contributed by atoms with van der Waals surface area (Å²) in [6, 6.07) is 1.56. The lowest BCUT2D eigenvalue weighted by Gasteiger charge is -2.16. The van der Waals surface area contributed by atoms with E-state index in [1.165, 1.54) is 0 Å². The number of alkyl halides is 1. The summed E-state index contributed by atoms with van der Waals surface area (Å²) in [6.07, 6.45) is 0. The maximum atomic E-state index is 11.7. The summed E-state index contributed by atoms with van der Waals surface area (Å²) in [7, 11) is 0. The number of pyridine rings is 1. The van der Waals surface area contributed by atoms with Crippen LogP contribution in [0.2, 0.25) is 10.0 Å². The maximum Gasteiger partial charge on any atom is 0.241 e. The molecule has 3 nitrogen and oxygen atoms in total. The Morgan fingerprint density at radius 1 is 1.44 bits per heavy atom. The van der Waals surface area contributed by atoms with Crippen molar-refractivity contribution in [3.05, 3.63) is 21.8 Å². The van der Waals surface area contributed by atoms with Crippen LogP contribution in [0.5, 0.6) is 0 Å². The molecule has 0 spiro atoms. The number of aromatic nitrogens is 1. The highest BCUT2D eigenvalue weighted by molar-refractivity contribution is 9.10. The van der Waals surface area contributed by atoms with Crippen LogP contribution in [0.3, 0.4) is 0 Å². The zero-order valence-corrected chi connectivity index (χ0v) is 12.2. The predicted octanol–water partition coefficient (Wildman–Crippen LogP) is 3.81. The Morgan fingerprint density at radius 2 is 2.00 bits per heavy atom. The van der Waals surface area contributed by atoms with E-state index in [1.54, 1.807) is 26.8 Å². The molecule has 16 heavy (non-hydrogen) atoms. The second kappa shape index (κ2) is 4.90. The highest BCUT2D eigenvalue weighted by Gasteiger charge is 2.24. The third kappa shape index (κ3) is 3.34. The van der Waals surface area contributed by atoms with Crippen LogP contribution in [0, 0.1) is 6.92 Å². The van der Waals surface area contributed by atoms with Gasteiger partial charge in [0, 0.05) is 0 Å². The number of rotatable bonds is 2. The first-order valence-corrected chi connectivity index (χ1v) is 6.09. The van der Waals surface area contributed by atoms with E-state index in [2.05, 4.69) is 26.2 Å².